The van der Waals surface area contributed by atoms with Crippen molar-refractivity contribution in [2.24, 2.45) is 11.8 Å². The molecular weight excluding hydrogens is 187 g/mol. The summed E-state index contributed by atoms with van der Waals surface area (Å²) in [6.45, 7) is 8.92. The lowest BCUT2D eigenvalue weighted by Crippen LogP contribution is -2.28. The van der Waals surface area contributed by atoms with Gasteiger partial charge in [-0.15, -0.1) is 0 Å². The van der Waals surface area contributed by atoms with Gasteiger partial charge in [-0.2, -0.15) is 0 Å². The zero-order valence-corrected chi connectivity index (χ0v) is 10.4. The number of hydrogen-bond donors (Lipinski definition) is 1. The molecule has 2 rings (SSSR count). The summed E-state index contributed by atoms with van der Waals surface area (Å²) in [6.07, 6.45) is 2.77. The van der Waals surface area contributed by atoms with E-state index in [1.165, 1.54) is 0 Å². The summed E-state index contributed by atoms with van der Waals surface area (Å²) in [5, 5.41) is 10.4. The second-order valence-corrected chi connectivity index (χ2v) is 5.89. The van der Waals surface area contributed by atoms with Crippen molar-refractivity contribution < 1.29 is 9.84 Å². The van der Waals surface area contributed by atoms with E-state index in [2.05, 4.69) is 27.7 Å². The SMILES string of the molecule is CCC1OC(CC)C2C1C(O)BC2(C)C. The summed E-state index contributed by atoms with van der Waals surface area (Å²) >= 11 is 0. The van der Waals surface area contributed by atoms with E-state index in [4.69, 9.17) is 4.74 Å². The molecule has 0 aromatic carbocycles. The zero-order chi connectivity index (χ0) is 11.2. The fourth-order valence-corrected chi connectivity index (χ4v) is 3.92. The van der Waals surface area contributed by atoms with Gasteiger partial charge in [0.1, 0.15) is 0 Å². The smallest absolute Gasteiger partial charge is 0.164 e. The number of rotatable bonds is 2. The highest BCUT2D eigenvalue weighted by molar-refractivity contribution is 6.43. The van der Waals surface area contributed by atoms with Crippen molar-refractivity contribution in [2.45, 2.75) is 64.1 Å². The van der Waals surface area contributed by atoms with Crippen molar-refractivity contribution in [3.8, 4) is 0 Å². The quantitative estimate of drug-likeness (QED) is 0.704. The third-order valence-corrected chi connectivity index (χ3v) is 4.48. The van der Waals surface area contributed by atoms with E-state index >= 15 is 0 Å². The van der Waals surface area contributed by atoms with Gasteiger partial charge in [0.15, 0.2) is 7.28 Å². The first-order valence-corrected chi connectivity index (χ1v) is 6.34. The van der Waals surface area contributed by atoms with Crippen molar-refractivity contribution in [1.82, 2.24) is 0 Å². The van der Waals surface area contributed by atoms with Crippen molar-refractivity contribution in [2.75, 3.05) is 0 Å². The van der Waals surface area contributed by atoms with E-state index in [1.807, 2.05) is 0 Å². The van der Waals surface area contributed by atoms with Gasteiger partial charge in [0.2, 0.25) is 0 Å². The first kappa shape index (κ1) is 11.5. The van der Waals surface area contributed by atoms with Crippen LogP contribution in [0, 0.1) is 11.8 Å². The number of ether oxygens (including phenoxy) is 1. The number of aliphatic hydroxyl groups excluding tert-OH is 1. The van der Waals surface area contributed by atoms with E-state index in [0.29, 0.717) is 17.9 Å². The normalized spacial score (nSPS) is 47.7. The Morgan fingerprint density at radius 1 is 1.20 bits per heavy atom. The van der Waals surface area contributed by atoms with Gasteiger partial charge >= 0.3 is 0 Å². The van der Waals surface area contributed by atoms with Crippen LogP contribution in [-0.2, 0) is 4.74 Å². The van der Waals surface area contributed by atoms with Crippen LogP contribution in [0.25, 0.3) is 0 Å². The Balaban J connectivity index is 2.26. The van der Waals surface area contributed by atoms with Crippen molar-refractivity contribution in [3.05, 3.63) is 0 Å². The van der Waals surface area contributed by atoms with Gasteiger partial charge in [0.25, 0.3) is 0 Å². The maximum absolute atomic E-state index is 10.2. The summed E-state index contributed by atoms with van der Waals surface area (Å²) in [4.78, 5) is 0. The first-order chi connectivity index (χ1) is 7.01. The number of fused-ring (bicyclic) bond motifs is 1. The lowest BCUT2D eigenvalue weighted by Gasteiger charge is -2.29. The van der Waals surface area contributed by atoms with Gasteiger partial charge in [0.05, 0.1) is 12.2 Å². The first-order valence-electron chi connectivity index (χ1n) is 6.34. The summed E-state index contributed by atoms with van der Waals surface area (Å²) in [5.74, 6) is 0.942. The highest BCUT2D eigenvalue weighted by Crippen LogP contribution is 2.56. The second-order valence-electron chi connectivity index (χ2n) is 5.89. The van der Waals surface area contributed by atoms with Gasteiger partial charge in [-0.3, -0.25) is 0 Å². The molecule has 0 saturated carbocycles. The summed E-state index contributed by atoms with van der Waals surface area (Å²) in [5.41, 5.74) is 0. The molecule has 3 heteroatoms. The Kier molecular flexibility index (Phi) is 2.89. The Hall–Kier alpha value is -0.0151. The molecule has 0 spiro atoms. The molecule has 0 amide bonds. The van der Waals surface area contributed by atoms with Crippen LogP contribution in [0.1, 0.15) is 40.5 Å². The summed E-state index contributed by atoms with van der Waals surface area (Å²) < 4.78 is 6.07. The molecule has 5 atom stereocenters. The summed E-state index contributed by atoms with van der Waals surface area (Å²) in [6, 6.07) is -0.147. The molecule has 0 radical (unpaired) electrons. The maximum atomic E-state index is 10.2. The lowest BCUT2D eigenvalue weighted by molar-refractivity contribution is 0.0123. The molecular formula is C12H23BO2. The Bertz CT molecular complexity index is 242. The molecule has 1 N–H and O–H groups in total. The van der Waals surface area contributed by atoms with Gasteiger partial charge in [-0.05, 0) is 18.8 Å². The zero-order valence-electron chi connectivity index (χ0n) is 10.4. The highest BCUT2D eigenvalue weighted by Gasteiger charge is 2.58. The molecule has 2 aliphatic heterocycles. The van der Waals surface area contributed by atoms with Crippen LogP contribution < -0.4 is 0 Å². The van der Waals surface area contributed by atoms with E-state index < -0.39 is 0 Å². The minimum atomic E-state index is -0.147. The molecule has 0 aromatic heterocycles. The van der Waals surface area contributed by atoms with E-state index in [1.54, 1.807) is 0 Å². The van der Waals surface area contributed by atoms with E-state index in [9.17, 15) is 5.11 Å². The van der Waals surface area contributed by atoms with E-state index in [0.717, 1.165) is 20.1 Å². The topological polar surface area (TPSA) is 29.5 Å². The van der Waals surface area contributed by atoms with Crippen LogP contribution >= 0.6 is 0 Å². The fraction of sp³-hybridized carbons (Fsp3) is 1.00. The van der Waals surface area contributed by atoms with Crippen LogP contribution in [-0.4, -0.2) is 30.6 Å². The van der Waals surface area contributed by atoms with Crippen molar-refractivity contribution in [3.63, 3.8) is 0 Å². The molecule has 2 heterocycles. The Morgan fingerprint density at radius 3 is 2.33 bits per heavy atom. The van der Waals surface area contributed by atoms with Crippen LogP contribution in [0.5, 0.6) is 0 Å². The van der Waals surface area contributed by atoms with Gasteiger partial charge in [0, 0.05) is 11.9 Å². The van der Waals surface area contributed by atoms with Crippen LogP contribution in [0.15, 0.2) is 0 Å². The molecule has 2 fully saturated rings. The van der Waals surface area contributed by atoms with Crippen molar-refractivity contribution in [1.29, 1.82) is 0 Å². The third-order valence-electron chi connectivity index (χ3n) is 4.48. The minimum absolute atomic E-state index is 0.147. The van der Waals surface area contributed by atoms with Crippen LogP contribution in [0.3, 0.4) is 0 Å². The van der Waals surface area contributed by atoms with Crippen molar-refractivity contribution >= 4 is 7.28 Å². The van der Waals surface area contributed by atoms with Crippen LogP contribution in [0.4, 0.5) is 0 Å². The fourth-order valence-electron chi connectivity index (χ4n) is 3.92. The third kappa shape index (κ3) is 1.64. The highest BCUT2D eigenvalue weighted by atomic mass is 16.5. The maximum Gasteiger partial charge on any atom is 0.164 e. The lowest BCUT2D eigenvalue weighted by atomic mass is 9.53. The molecule has 2 nitrogen and oxygen atoms in total. The van der Waals surface area contributed by atoms with Gasteiger partial charge in [-0.25, -0.2) is 0 Å². The largest absolute Gasteiger partial charge is 0.401 e. The number of aliphatic hydroxyl groups is 1. The monoisotopic (exact) mass is 210 g/mol. The average Bonchev–Trinajstić information content (AvgIpc) is 2.64. The minimum Gasteiger partial charge on any atom is -0.401 e. The van der Waals surface area contributed by atoms with Crippen LogP contribution in [0.2, 0.25) is 5.31 Å². The molecule has 15 heavy (non-hydrogen) atoms. The second kappa shape index (κ2) is 3.78. The molecule has 86 valence electrons. The predicted molar refractivity (Wildman–Crippen MR) is 63.4 cm³/mol. The predicted octanol–water partition coefficient (Wildman–Crippen LogP) is 1.77. The Morgan fingerprint density at radius 2 is 1.80 bits per heavy atom. The van der Waals surface area contributed by atoms with E-state index in [-0.39, 0.29) is 17.4 Å². The molecule has 0 aliphatic carbocycles. The molecule has 0 bridgehead atoms. The molecule has 0 aromatic rings. The Labute approximate surface area is 93.6 Å². The molecule has 5 unspecified atom stereocenters. The molecule has 2 aliphatic rings. The summed E-state index contributed by atoms with van der Waals surface area (Å²) in [7, 11) is 0.943. The molecule has 2 saturated heterocycles. The number of hydrogen-bond acceptors (Lipinski definition) is 2. The van der Waals surface area contributed by atoms with Gasteiger partial charge < -0.3 is 9.84 Å². The average molecular weight is 210 g/mol. The standard InChI is InChI=1S/C12H23BO2/c1-5-7-9-10(8(6-2)15-7)12(3,4)13-11(9)14/h7-11,13-14H,5-6H2,1-4H3. The van der Waals surface area contributed by atoms with Gasteiger partial charge in [-0.1, -0.05) is 33.0 Å².